The monoisotopic (exact) mass is 595 g/mol. The minimum Gasteiger partial charge on any atom is -0.0753 e. The van der Waals surface area contributed by atoms with Crippen LogP contribution in [0.4, 0.5) is 0 Å². The molecule has 0 aliphatic heterocycles. The van der Waals surface area contributed by atoms with Crippen molar-refractivity contribution < 1.29 is 0 Å². The molecule has 0 spiro atoms. The zero-order valence-electron chi connectivity index (χ0n) is 26.0. The Balaban J connectivity index is 8.29. The summed E-state index contributed by atoms with van der Waals surface area (Å²) in [5.74, 6) is 0. The van der Waals surface area contributed by atoms with E-state index >= 15 is 0 Å². The largest absolute Gasteiger partial charge is 0.0753 e. The van der Waals surface area contributed by atoms with Gasteiger partial charge in [0, 0.05) is 72.8 Å². The summed E-state index contributed by atoms with van der Waals surface area (Å²) in [5, 5.41) is 0. The lowest BCUT2D eigenvalue weighted by atomic mass is 11.8. The zero-order valence-corrected chi connectivity index (χ0v) is 36.0. The van der Waals surface area contributed by atoms with Gasteiger partial charge in [-0.2, -0.15) is 0 Å². The first kappa shape index (κ1) is 33.2. The van der Waals surface area contributed by atoms with E-state index in [2.05, 4.69) is 137 Å². The molecule has 0 amide bonds. The molecular weight excluding hydrogens is 533 g/mol. The second-order valence-electron chi connectivity index (χ2n) is 17.2. The highest BCUT2D eigenvalue weighted by Crippen LogP contribution is 2.48. The molecule has 0 aromatic heterocycles. The summed E-state index contributed by atoms with van der Waals surface area (Å²) in [6, 6.07) is 0. The molecule has 0 nitrogen and oxygen atoms in total. The van der Waals surface area contributed by atoms with Gasteiger partial charge in [0.2, 0.25) is 0 Å². The first-order valence-corrected chi connectivity index (χ1v) is 51.8. The van der Waals surface area contributed by atoms with Gasteiger partial charge in [-0.3, -0.25) is 0 Å². The van der Waals surface area contributed by atoms with E-state index in [9.17, 15) is 0 Å². The highest BCUT2D eigenvalue weighted by atomic mass is 30.4. The van der Waals surface area contributed by atoms with Crippen LogP contribution in [0.1, 0.15) is 0 Å². The van der Waals surface area contributed by atoms with E-state index in [0.717, 1.165) is 0 Å². The molecule has 1 radical (unpaired) electrons. The normalized spacial score (nSPS) is 16.8. The molecule has 0 saturated heterocycles. The van der Waals surface area contributed by atoms with Gasteiger partial charge in [0.15, 0.2) is 0 Å². The van der Waals surface area contributed by atoms with Crippen LogP contribution in [0.2, 0.25) is 137 Å². The third-order valence-electron chi connectivity index (χ3n) is 10.5. The summed E-state index contributed by atoms with van der Waals surface area (Å²) in [6.45, 7) is 56.9. The van der Waals surface area contributed by atoms with Crippen molar-refractivity contribution in [1.29, 1.82) is 0 Å². The molecule has 0 saturated carbocycles. The fourth-order valence-corrected chi connectivity index (χ4v) is 435. The maximum absolute atomic E-state index is 3.11. The Kier molecular flexibility index (Phi) is 9.55. The molecule has 187 valence electrons. The van der Waals surface area contributed by atoms with E-state index in [1.807, 2.05) is 0 Å². The van der Waals surface area contributed by atoms with E-state index in [-0.39, 0.29) is 7.35 Å². The first-order chi connectivity index (χ1) is 12.9. The maximum Gasteiger partial charge on any atom is 0.0326 e. The van der Waals surface area contributed by atoms with Crippen LogP contribution in [0.25, 0.3) is 0 Å². The standard InChI is InChI=1S/C21H63Si10/c1-23(2,3)29(19,24(4,5)6)22(30(20,25(7,8)9)26(10,11)12)31(21,27(13,14)15)28(16,17)18/h1-21H3. The summed E-state index contributed by atoms with van der Waals surface area (Å²) < 4.78 is 0. The van der Waals surface area contributed by atoms with Crippen LogP contribution in [-0.4, -0.2) is 72.8 Å². The molecule has 0 heterocycles. The van der Waals surface area contributed by atoms with Crippen molar-refractivity contribution in [2.75, 3.05) is 0 Å². The van der Waals surface area contributed by atoms with Crippen molar-refractivity contribution in [2.45, 2.75) is 137 Å². The number of rotatable bonds is 9. The van der Waals surface area contributed by atoms with Gasteiger partial charge in [-0.1, -0.05) is 137 Å². The Hall–Kier alpha value is 2.17. The minimum absolute atomic E-state index is 0.312. The topological polar surface area (TPSA) is 0 Å². The smallest absolute Gasteiger partial charge is 0.0326 e. The van der Waals surface area contributed by atoms with Gasteiger partial charge in [0.05, 0.1) is 0 Å². The van der Waals surface area contributed by atoms with Crippen LogP contribution in [0.3, 0.4) is 0 Å². The number of hydrogen-bond acceptors (Lipinski definition) is 0. The van der Waals surface area contributed by atoms with E-state index < -0.39 is 65.4 Å². The molecule has 0 aliphatic rings. The molecule has 0 aromatic rings. The zero-order chi connectivity index (χ0) is 26.1. The van der Waals surface area contributed by atoms with Gasteiger partial charge in [-0.05, 0) is 0 Å². The van der Waals surface area contributed by atoms with Gasteiger partial charge in [0.25, 0.3) is 0 Å². The van der Waals surface area contributed by atoms with Gasteiger partial charge in [-0.25, -0.2) is 0 Å². The third-order valence-corrected chi connectivity index (χ3v) is 243. The summed E-state index contributed by atoms with van der Waals surface area (Å²) in [5.41, 5.74) is 0. The van der Waals surface area contributed by atoms with Crippen molar-refractivity contribution in [1.82, 2.24) is 0 Å². The van der Waals surface area contributed by atoms with Crippen LogP contribution in [0.15, 0.2) is 0 Å². The molecule has 0 N–H and O–H groups in total. The lowest BCUT2D eigenvalue weighted by molar-refractivity contribution is 1.74. The fourth-order valence-electron chi connectivity index (χ4n) is 7.12. The highest BCUT2D eigenvalue weighted by Gasteiger charge is 2.74. The van der Waals surface area contributed by atoms with E-state index in [1.165, 1.54) is 0 Å². The van der Waals surface area contributed by atoms with E-state index in [0.29, 0.717) is 0 Å². The summed E-state index contributed by atoms with van der Waals surface area (Å²) >= 11 is 0. The second kappa shape index (κ2) is 8.93. The van der Waals surface area contributed by atoms with Crippen molar-refractivity contribution in [3.05, 3.63) is 0 Å². The molecule has 0 aliphatic carbocycles. The van der Waals surface area contributed by atoms with Crippen LogP contribution in [0, 0.1) is 0 Å². The van der Waals surface area contributed by atoms with Crippen LogP contribution < -0.4 is 0 Å². The van der Waals surface area contributed by atoms with Gasteiger partial charge in [-0.15, -0.1) is 0 Å². The highest BCUT2D eigenvalue weighted by molar-refractivity contribution is 8.22. The minimum atomic E-state index is -1.35. The lowest BCUT2D eigenvalue weighted by Gasteiger charge is -2.70. The summed E-state index contributed by atoms with van der Waals surface area (Å²) in [7, 11) is -7.75. The first-order valence-electron chi connectivity index (χ1n) is 12.8. The average molecular weight is 597 g/mol. The molecule has 0 atom stereocenters. The van der Waals surface area contributed by atoms with Crippen LogP contribution in [-0.2, 0) is 0 Å². The van der Waals surface area contributed by atoms with E-state index in [1.54, 1.807) is 0 Å². The second-order valence-corrected chi connectivity index (χ2v) is 128. The molecule has 31 heavy (non-hydrogen) atoms. The molecule has 0 rings (SSSR count). The van der Waals surface area contributed by atoms with Crippen molar-refractivity contribution in [3.8, 4) is 0 Å². The molecule has 0 aromatic carbocycles. The summed E-state index contributed by atoms with van der Waals surface area (Å²) in [6.07, 6.45) is 0. The maximum atomic E-state index is 3.11. The SMILES string of the molecule is C[Si](C)(C)[Si](C)([Si]([Si](C)([Si](C)(C)C)[Si](C)(C)C)[Si](C)([Si](C)(C)C)[Si](C)(C)C)[Si](C)(C)C. The fraction of sp³-hybridized carbons (Fsp3) is 1.00. The van der Waals surface area contributed by atoms with Crippen molar-refractivity contribution in [2.24, 2.45) is 0 Å². The van der Waals surface area contributed by atoms with Crippen molar-refractivity contribution >= 4 is 72.8 Å². The quantitative estimate of drug-likeness (QED) is 0.234. The Bertz CT molecular complexity index is 498. The predicted octanol–water partition coefficient (Wildman–Crippen LogP) is 8.45. The Labute approximate surface area is 209 Å². The molecule has 0 unspecified atom stereocenters. The molecule has 10 heteroatoms. The van der Waals surface area contributed by atoms with E-state index in [4.69, 9.17) is 0 Å². The predicted molar refractivity (Wildman–Crippen MR) is 181 cm³/mol. The van der Waals surface area contributed by atoms with Crippen LogP contribution >= 0.6 is 0 Å². The molecule has 0 bridgehead atoms. The Morgan fingerprint density at radius 2 is 0.323 bits per heavy atom. The van der Waals surface area contributed by atoms with Gasteiger partial charge >= 0.3 is 0 Å². The van der Waals surface area contributed by atoms with Gasteiger partial charge < -0.3 is 0 Å². The Morgan fingerprint density at radius 1 is 0.226 bits per heavy atom. The molecular formula is C21H63Si10. The van der Waals surface area contributed by atoms with Crippen LogP contribution in [0.5, 0.6) is 0 Å². The average Bonchev–Trinajstić information content (AvgIpc) is 2.39. The van der Waals surface area contributed by atoms with Crippen molar-refractivity contribution in [3.63, 3.8) is 0 Å². The number of hydrogen-bond donors (Lipinski definition) is 0. The molecule has 0 fully saturated rings. The Morgan fingerprint density at radius 3 is 0.387 bits per heavy atom. The lowest BCUT2D eigenvalue weighted by Crippen LogP contribution is -3.01. The van der Waals surface area contributed by atoms with Gasteiger partial charge in [0.1, 0.15) is 0 Å². The summed E-state index contributed by atoms with van der Waals surface area (Å²) in [4.78, 5) is 0. The third kappa shape index (κ3) is 5.32.